The van der Waals surface area contributed by atoms with Gasteiger partial charge in [-0.05, 0) is 234 Å². The van der Waals surface area contributed by atoms with Gasteiger partial charge in [-0.25, -0.2) is 0 Å². The quantitative estimate of drug-likeness (QED) is 0.107. The van der Waals surface area contributed by atoms with E-state index < -0.39 is 0 Å². The maximum Gasteiger partial charge on any atom is 0.252 e. The van der Waals surface area contributed by atoms with Crippen molar-refractivity contribution in [3.05, 3.63) is 410 Å². The van der Waals surface area contributed by atoms with E-state index in [9.17, 15) is 0 Å². The number of aryl methyl sites for hydroxylation is 5. The first-order valence-electron chi connectivity index (χ1n) is 40.3. The summed E-state index contributed by atoms with van der Waals surface area (Å²) in [5, 5.41) is 2.43. The first-order chi connectivity index (χ1) is 57.1. The number of anilines is 15. The highest BCUT2D eigenvalue weighted by molar-refractivity contribution is 8.00. The van der Waals surface area contributed by atoms with Gasteiger partial charge in [0.25, 0.3) is 6.71 Å². The average Bonchev–Trinajstić information content (AvgIpc) is 0.797. The minimum Gasteiger partial charge on any atom is -0.311 e. The number of rotatable bonds is 13. The van der Waals surface area contributed by atoms with Crippen molar-refractivity contribution < 1.29 is 0 Å². The highest BCUT2D eigenvalue weighted by Gasteiger charge is 2.49. The standard InChI is InChI=1S/C107H78B2N6S/c1-69-56-71(3)106(72(4)57-69)111(80-39-19-9-20-40-80)86-65-102-105-103(66-86)116-107-73(5)58-70(2)59-93(107)109(105)92-67-91-98(68-99(92)115(102)94-50-29-27-48-87(94)78-52-54-89-88-49-28-30-51-95(88)112(96(89)62-78)81-41-21-10-22-42-81)114(83-45-25-12-26-46-83)101-64-85(110(79-37-17-8-18-38-79)84-47-31-36-76(60-84)74-32-13-6-14-33-74)63-100-104(101)108(91)90-55-53-77(75-34-15-7-16-35-75)61-97(90)113(100)82-43-23-11-24-44-82/h6-68H,1-5H3. The SMILES string of the molecule is Cc1cc(C)c(N(c2ccccc2)c2cc3c4c(c2)N(c2ccccc2-c2ccc5c6ccccc6n(-c6ccccc6)c5c2)c2cc5c(cc2B4c2cc(C)cc(C)c2S3)B2c3ccc(-c4ccccc4)cc3N(c3ccccc3)c3cc(N(c4ccccc4)c4cccc(-c6ccccc6)c4)cc(c32)N5c2ccccc2)c(C)c1. The molecule has 548 valence electrons. The lowest BCUT2D eigenvalue weighted by Crippen LogP contribution is -2.65. The van der Waals surface area contributed by atoms with Gasteiger partial charge in [0.1, 0.15) is 0 Å². The third-order valence-corrected chi connectivity index (χ3v) is 25.6. The van der Waals surface area contributed by atoms with Gasteiger partial charge in [0, 0.05) is 100 Å². The van der Waals surface area contributed by atoms with Gasteiger partial charge < -0.3 is 29.1 Å². The smallest absolute Gasteiger partial charge is 0.252 e. The second kappa shape index (κ2) is 27.7. The topological polar surface area (TPSA) is 21.1 Å². The van der Waals surface area contributed by atoms with Gasteiger partial charge in [-0.3, -0.25) is 0 Å². The maximum absolute atomic E-state index is 2.70. The first-order valence-corrected chi connectivity index (χ1v) is 41.1. The average molecular weight is 1500 g/mol. The van der Waals surface area contributed by atoms with Gasteiger partial charge in [-0.15, -0.1) is 0 Å². The Hall–Kier alpha value is -14.0. The van der Waals surface area contributed by atoms with E-state index in [1.54, 1.807) is 0 Å². The fourth-order valence-electron chi connectivity index (χ4n) is 19.6. The van der Waals surface area contributed by atoms with Crippen molar-refractivity contribution in [3.63, 3.8) is 0 Å². The summed E-state index contributed by atoms with van der Waals surface area (Å²) < 4.78 is 2.45. The number of nitrogens with zero attached hydrogens (tertiary/aromatic N) is 6. The zero-order valence-corrected chi connectivity index (χ0v) is 65.9. The monoisotopic (exact) mass is 1500 g/mol. The van der Waals surface area contributed by atoms with Crippen LogP contribution in [0.25, 0.3) is 60.9 Å². The minimum atomic E-state index is -0.259. The second-order valence-corrected chi connectivity index (χ2v) is 32.5. The van der Waals surface area contributed by atoms with Crippen LogP contribution in [-0.2, 0) is 0 Å². The van der Waals surface area contributed by atoms with E-state index in [1.807, 2.05) is 11.8 Å². The largest absolute Gasteiger partial charge is 0.311 e. The maximum atomic E-state index is 2.70. The molecular formula is C107H78B2N6S. The lowest BCUT2D eigenvalue weighted by Gasteiger charge is -2.47. The Morgan fingerprint density at radius 2 is 0.733 bits per heavy atom. The molecule has 0 bridgehead atoms. The molecule has 1 aromatic heterocycles. The molecule has 0 saturated carbocycles. The van der Waals surface area contributed by atoms with Crippen LogP contribution in [-0.4, -0.2) is 18.0 Å². The van der Waals surface area contributed by atoms with Gasteiger partial charge in [0.15, 0.2) is 0 Å². The summed E-state index contributed by atoms with van der Waals surface area (Å²) in [5.74, 6) is 0. The van der Waals surface area contributed by atoms with Crippen LogP contribution in [0.3, 0.4) is 0 Å². The molecule has 0 unspecified atom stereocenters. The molecule has 17 aromatic carbocycles. The summed E-state index contributed by atoms with van der Waals surface area (Å²) in [6.07, 6.45) is 0. The highest BCUT2D eigenvalue weighted by Crippen LogP contribution is 2.54. The number of aromatic nitrogens is 1. The summed E-state index contributed by atoms with van der Waals surface area (Å²) >= 11 is 1.94. The molecule has 4 aliphatic rings. The van der Waals surface area contributed by atoms with Gasteiger partial charge in [0.2, 0.25) is 6.71 Å². The van der Waals surface area contributed by atoms with E-state index in [1.165, 1.54) is 92.4 Å². The van der Waals surface area contributed by atoms with E-state index in [0.29, 0.717) is 0 Å². The molecule has 116 heavy (non-hydrogen) atoms. The van der Waals surface area contributed by atoms with Crippen LogP contribution in [0.1, 0.15) is 27.8 Å². The number of hydrogen-bond donors (Lipinski definition) is 0. The Morgan fingerprint density at radius 3 is 1.38 bits per heavy atom. The molecule has 18 aromatic rings. The summed E-state index contributed by atoms with van der Waals surface area (Å²) in [6, 6.07) is 144. The fourth-order valence-corrected chi connectivity index (χ4v) is 20.9. The fraction of sp³-hybridized carbons (Fsp3) is 0.0467. The third-order valence-electron chi connectivity index (χ3n) is 24.3. The number of hydrogen-bond acceptors (Lipinski definition) is 6. The molecule has 0 aliphatic carbocycles. The van der Waals surface area contributed by atoms with E-state index in [4.69, 9.17) is 0 Å². The van der Waals surface area contributed by atoms with E-state index in [-0.39, 0.29) is 13.4 Å². The molecule has 0 fully saturated rings. The molecule has 0 N–H and O–H groups in total. The van der Waals surface area contributed by atoms with Crippen molar-refractivity contribution in [3.8, 4) is 39.1 Å². The van der Waals surface area contributed by atoms with Crippen LogP contribution in [0.2, 0.25) is 0 Å². The van der Waals surface area contributed by atoms with Crippen molar-refractivity contribution in [1.29, 1.82) is 0 Å². The van der Waals surface area contributed by atoms with E-state index >= 15 is 0 Å². The predicted octanol–water partition coefficient (Wildman–Crippen LogP) is 25.1. The van der Waals surface area contributed by atoms with Gasteiger partial charge in [-0.1, -0.05) is 283 Å². The molecule has 0 radical (unpaired) electrons. The van der Waals surface area contributed by atoms with Crippen LogP contribution in [0, 0.1) is 34.6 Å². The molecular weight excluding hydrogens is 1420 g/mol. The lowest BCUT2D eigenvalue weighted by molar-refractivity contribution is 1.18. The number of para-hydroxylation sites is 7. The number of fused-ring (bicyclic) bond motifs is 11. The van der Waals surface area contributed by atoms with Crippen LogP contribution in [0.15, 0.2) is 392 Å². The minimum absolute atomic E-state index is 0.192. The first kappa shape index (κ1) is 68.8. The Morgan fingerprint density at radius 1 is 0.259 bits per heavy atom. The van der Waals surface area contributed by atoms with Crippen LogP contribution >= 0.6 is 11.8 Å². The van der Waals surface area contributed by atoms with E-state index in [2.05, 4.69) is 446 Å². The van der Waals surface area contributed by atoms with Crippen LogP contribution < -0.4 is 57.3 Å². The normalized spacial score (nSPS) is 12.8. The van der Waals surface area contributed by atoms with E-state index in [0.717, 1.165) is 124 Å². The van der Waals surface area contributed by atoms with Gasteiger partial charge in [0.05, 0.1) is 28.1 Å². The van der Waals surface area contributed by atoms with Crippen molar-refractivity contribution in [2.75, 3.05) is 24.5 Å². The van der Waals surface area contributed by atoms with Crippen molar-refractivity contribution in [2.45, 2.75) is 44.4 Å². The highest BCUT2D eigenvalue weighted by atomic mass is 32.2. The molecule has 22 rings (SSSR count). The summed E-state index contributed by atoms with van der Waals surface area (Å²) in [4.78, 5) is 15.5. The summed E-state index contributed by atoms with van der Waals surface area (Å²) in [5.41, 5.74) is 40.5. The molecule has 0 amide bonds. The molecule has 5 heterocycles. The zero-order valence-electron chi connectivity index (χ0n) is 65.1. The molecule has 0 saturated heterocycles. The second-order valence-electron chi connectivity index (χ2n) is 31.5. The summed E-state index contributed by atoms with van der Waals surface area (Å²) in [7, 11) is 0. The Kier molecular flexibility index (Phi) is 16.4. The van der Waals surface area contributed by atoms with Gasteiger partial charge in [-0.2, -0.15) is 0 Å². The Balaban J connectivity index is 0.872. The Labute approximate surface area is 682 Å². The third kappa shape index (κ3) is 11.2. The molecule has 0 atom stereocenters. The number of benzene rings is 17. The molecule has 9 heteroatoms. The van der Waals surface area contributed by atoms with Gasteiger partial charge >= 0.3 is 0 Å². The zero-order chi connectivity index (χ0) is 77.4. The van der Waals surface area contributed by atoms with Crippen molar-refractivity contribution in [1.82, 2.24) is 4.57 Å². The summed E-state index contributed by atoms with van der Waals surface area (Å²) in [6.45, 7) is 11.0. The van der Waals surface area contributed by atoms with Crippen molar-refractivity contribution >= 4 is 165 Å². The molecule has 6 nitrogen and oxygen atoms in total. The predicted molar refractivity (Wildman–Crippen MR) is 494 cm³/mol. The Bertz CT molecular complexity index is 6940. The molecule has 4 aliphatic heterocycles. The van der Waals surface area contributed by atoms with Crippen molar-refractivity contribution in [2.24, 2.45) is 0 Å². The molecule has 0 spiro atoms. The van der Waals surface area contributed by atoms with Crippen LogP contribution in [0.4, 0.5) is 85.3 Å². The lowest BCUT2D eigenvalue weighted by atomic mass is 9.30. The van der Waals surface area contributed by atoms with Crippen LogP contribution in [0.5, 0.6) is 0 Å².